The van der Waals surface area contributed by atoms with E-state index in [0.717, 1.165) is 36.4 Å². The summed E-state index contributed by atoms with van der Waals surface area (Å²) in [7, 11) is 1.87. The first-order valence-electron chi connectivity index (χ1n) is 9.78. The number of aliphatic imine (C=N–C) groups is 1. The number of para-hydroxylation sites is 1. The lowest BCUT2D eigenvalue weighted by Crippen LogP contribution is -2.49. The Morgan fingerprint density at radius 3 is 2.32 bits per heavy atom. The van der Waals surface area contributed by atoms with E-state index >= 15 is 0 Å². The highest BCUT2D eigenvalue weighted by atomic mass is 127. The lowest BCUT2D eigenvalue weighted by atomic mass is 10.0. The number of hydrogen-bond donors (Lipinski definition) is 2. The van der Waals surface area contributed by atoms with E-state index in [9.17, 15) is 0 Å². The molecular formula is C22H28BrIN4. The molecule has 1 saturated heterocycles. The molecule has 2 unspecified atom stereocenters. The maximum absolute atomic E-state index is 4.46. The van der Waals surface area contributed by atoms with Crippen LogP contribution in [0.5, 0.6) is 0 Å². The zero-order chi connectivity index (χ0) is 18.6. The van der Waals surface area contributed by atoms with E-state index in [2.05, 4.69) is 91.1 Å². The minimum absolute atomic E-state index is 0. The van der Waals surface area contributed by atoms with Crippen LogP contribution in [0.3, 0.4) is 0 Å². The number of rotatable bonds is 4. The fraction of sp³-hybridized carbons (Fsp3) is 0.409. The van der Waals surface area contributed by atoms with Crippen LogP contribution in [0.2, 0.25) is 0 Å². The zero-order valence-corrected chi connectivity index (χ0v) is 20.1. The van der Waals surface area contributed by atoms with Crippen LogP contribution in [0.15, 0.2) is 64.1 Å². The molecule has 1 aliphatic heterocycles. The van der Waals surface area contributed by atoms with E-state index in [4.69, 9.17) is 0 Å². The van der Waals surface area contributed by atoms with Crippen molar-refractivity contribution < 1.29 is 0 Å². The van der Waals surface area contributed by atoms with Crippen molar-refractivity contribution in [2.24, 2.45) is 4.99 Å². The summed E-state index contributed by atoms with van der Waals surface area (Å²) < 4.78 is 1.13. The van der Waals surface area contributed by atoms with Gasteiger partial charge in [-0.25, -0.2) is 0 Å². The smallest absolute Gasteiger partial charge is 0.191 e. The van der Waals surface area contributed by atoms with Gasteiger partial charge in [-0.15, -0.1) is 24.0 Å². The Kier molecular flexibility index (Phi) is 7.62. The molecule has 2 fully saturated rings. The monoisotopic (exact) mass is 554 g/mol. The number of guanidine groups is 1. The average molecular weight is 555 g/mol. The standard InChI is InChI=1S/C22H27BrN4.HI/c1-24-22(26-21-15-20(21)16-7-9-17(23)10-8-16)25-18-11-13-27(14-12-18)19-5-3-2-4-6-19;/h2-10,18,20-21H,11-15H2,1H3,(H2,24,25,26);1H. The summed E-state index contributed by atoms with van der Waals surface area (Å²) in [6.45, 7) is 2.17. The van der Waals surface area contributed by atoms with Gasteiger partial charge in [-0.2, -0.15) is 0 Å². The summed E-state index contributed by atoms with van der Waals surface area (Å²) in [5.74, 6) is 1.54. The highest BCUT2D eigenvalue weighted by molar-refractivity contribution is 14.0. The molecule has 1 aliphatic carbocycles. The SMILES string of the molecule is CN=C(NC1CCN(c2ccccc2)CC1)NC1CC1c1ccc(Br)cc1.I. The highest BCUT2D eigenvalue weighted by Crippen LogP contribution is 2.41. The number of benzene rings is 2. The van der Waals surface area contributed by atoms with Gasteiger partial charge in [-0.1, -0.05) is 46.3 Å². The van der Waals surface area contributed by atoms with E-state index in [-0.39, 0.29) is 24.0 Å². The molecule has 2 aliphatic rings. The third-order valence-electron chi connectivity index (χ3n) is 5.59. The number of nitrogens with one attached hydrogen (secondary N) is 2. The molecule has 0 amide bonds. The highest BCUT2D eigenvalue weighted by Gasteiger charge is 2.39. The molecule has 4 nitrogen and oxygen atoms in total. The van der Waals surface area contributed by atoms with E-state index in [0.29, 0.717) is 18.0 Å². The second-order valence-corrected chi connectivity index (χ2v) is 8.37. The lowest BCUT2D eigenvalue weighted by Gasteiger charge is -2.34. The van der Waals surface area contributed by atoms with Crippen molar-refractivity contribution in [3.63, 3.8) is 0 Å². The van der Waals surface area contributed by atoms with Gasteiger partial charge in [0.25, 0.3) is 0 Å². The Bertz CT molecular complexity index is 773. The van der Waals surface area contributed by atoms with Crippen molar-refractivity contribution in [2.75, 3.05) is 25.0 Å². The zero-order valence-electron chi connectivity index (χ0n) is 16.1. The van der Waals surface area contributed by atoms with Crippen LogP contribution in [-0.4, -0.2) is 38.2 Å². The van der Waals surface area contributed by atoms with Gasteiger partial charge < -0.3 is 15.5 Å². The molecule has 150 valence electrons. The molecule has 0 aromatic heterocycles. The van der Waals surface area contributed by atoms with Gasteiger partial charge in [0.05, 0.1) is 0 Å². The predicted octanol–water partition coefficient (Wildman–Crippen LogP) is 4.76. The van der Waals surface area contributed by atoms with E-state index in [1.165, 1.54) is 17.7 Å². The summed E-state index contributed by atoms with van der Waals surface area (Å²) >= 11 is 3.51. The Morgan fingerprint density at radius 1 is 1.00 bits per heavy atom. The first kappa shape index (κ1) is 21.4. The molecular weight excluding hydrogens is 527 g/mol. The third kappa shape index (κ3) is 5.41. The molecule has 28 heavy (non-hydrogen) atoms. The van der Waals surface area contributed by atoms with Crippen molar-refractivity contribution in [2.45, 2.75) is 37.3 Å². The molecule has 2 aromatic carbocycles. The number of halogens is 2. The topological polar surface area (TPSA) is 39.7 Å². The van der Waals surface area contributed by atoms with Crippen molar-refractivity contribution >= 4 is 51.6 Å². The second-order valence-electron chi connectivity index (χ2n) is 7.46. The van der Waals surface area contributed by atoms with Crippen LogP contribution in [0, 0.1) is 0 Å². The Morgan fingerprint density at radius 2 is 1.68 bits per heavy atom. The number of anilines is 1. The summed E-state index contributed by atoms with van der Waals surface area (Å²) in [5.41, 5.74) is 2.73. The van der Waals surface area contributed by atoms with Crippen LogP contribution in [-0.2, 0) is 0 Å². The van der Waals surface area contributed by atoms with Crippen molar-refractivity contribution in [1.82, 2.24) is 10.6 Å². The summed E-state index contributed by atoms with van der Waals surface area (Å²) in [6.07, 6.45) is 3.45. The van der Waals surface area contributed by atoms with Crippen LogP contribution in [0.1, 0.15) is 30.7 Å². The lowest BCUT2D eigenvalue weighted by molar-refractivity contribution is 0.461. The van der Waals surface area contributed by atoms with Crippen molar-refractivity contribution in [3.8, 4) is 0 Å². The Labute approximate surface area is 193 Å². The van der Waals surface area contributed by atoms with E-state index < -0.39 is 0 Å². The van der Waals surface area contributed by atoms with E-state index in [1.807, 2.05) is 7.05 Å². The molecule has 1 heterocycles. The minimum Gasteiger partial charge on any atom is -0.371 e. The van der Waals surface area contributed by atoms with Crippen molar-refractivity contribution in [1.29, 1.82) is 0 Å². The third-order valence-corrected chi connectivity index (χ3v) is 6.12. The van der Waals surface area contributed by atoms with Gasteiger partial charge in [0.1, 0.15) is 0 Å². The Balaban J connectivity index is 0.00000225. The van der Waals surface area contributed by atoms with Gasteiger partial charge in [0, 0.05) is 48.3 Å². The fourth-order valence-corrected chi connectivity index (χ4v) is 4.16. The van der Waals surface area contributed by atoms with Gasteiger partial charge in [0.2, 0.25) is 0 Å². The molecule has 1 saturated carbocycles. The largest absolute Gasteiger partial charge is 0.371 e. The van der Waals surface area contributed by atoms with Gasteiger partial charge in [-0.05, 0) is 49.1 Å². The maximum Gasteiger partial charge on any atom is 0.191 e. The first-order valence-corrected chi connectivity index (χ1v) is 10.6. The molecule has 2 N–H and O–H groups in total. The quantitative estimate of drug-likeness (QED) is 0.325. The van der Waals surface area contributed by atoms with Crippen LogP contribution >= 0.6 is 39.9 Å². The normalized spacial score (nSPS) is 22.4. The molecule has 2 aromatic rings. The van der Waals surface area contributed by atoms with Gasteiger partial charge in [0.15, 0.2) is 5.96 Å². The molecule has 6 heteroatoms. The summed E-state index contributed by atoms with van der Waals surface area (Å²) in [4.78, 5) is 6.93. The minimum atomic E-state index is 0. The Hall–Kier alpha value is -1.28. The number of hydrogen-bond acceptors (Lipinski definition) is 2. The maximum atomic E-state index is 4.46. The number of piperidine rings is 1. The van der Waals surface area contributed by atoms with Crippen LogP contribution in [0.4, 0.5) is 5.69 Å². The van der Waals surface area contributed by atoms with Crippen LogP contribution < -0.4 is 15.5 Å². The van der Waals surface area contributed by atoms with Crippen LogP contribution in [0.25, 0.3) is 0 Å². The first-order chi connectivity index (χ1) is 13.2. The molecule has 0 spiro atoms. The molecule has 2 atom stereocenters. The summed E-state index contributed by atoms with van der Waals surface area (Å²) in [5, 5.41) is 7.24. The second kappa shape index (κ2) is 9.96. The summed E-state index contributed by atoms with van der Waals surface area (Å²) in [6, 6.07) is 20.4. The predicted molar refractivity (Wildman–Crippen MR) is 132 cm³/mol. The van der Waals surface area contributed by atoms with Gasteiger partial charge >= 0.3 is 0 Å². The molecule has 0 bridgehead atoms. The van der Waals surface area contributed by atoms with Gasteiger partial charge in [-0.3, -0.25) is 4.99 Å². The number of nitrogens with zero attached hydrogens (tertiary/aromatic N) is 2. The fourth-order valence-electron chi connectivity index (χ4n) is 3.89. The van der Waals surface area contributed by atoms with E-state index in [1.54, 1.807) is 0 Å². The molecule has 0 radical (unpaired) electrons. The van der Waals surface area contributed by atoms with Crippen molar-refractivity contribution in [3.05, 3.63) is 64.6 Å². The average Bonchev–Trinajstić information content (AvgIpc) is 3.48. The molecule has 4 rings (SSSR count).